The van der Waals surface area contributed by atoms with Gasteiger partial charge in [-0.1, -0.05) is 0 Å². The summed E-state index contributed by atoms with van der Waals surface area (Å²) in [6, 6.07) is 3.76. The van der Waals surface area contributed by atoms with Gasteiger partial charge in [-0.15, -0.1) is 0 Å². The van der Waals surface area contributed by atoms with Crippen LogP contribution >= 0.6 is 0 Å². The highest BCUT2D eigenvalue weighted by Gasteiger charge is 2.32. The summed E-state index contributed by atoms with van der Waals surface area (Å²) in [5, 5.41) is 14.0. The molecule has 0 radical (unpaired) electrons. The number of rotatable bonds is 4. The molecule has 0 unspecified atom stereocenters. The van der Waals surface area contributed by atoms with Crippen LogP contribution in [0.2, 0.25) is 0 Å². The normalized spacial score (nSPS) is 23.5. The molecule has 0 aromatic carbocycles. The van der Waals surface area contributed by atoms with Gasteiger partial charge in [0.2, 0.25) is 0 Å². The highest BCUT2D eigenvalue weighted by atomic mass is 19.1. The number of pyridine rings is 2. The third-order valence-corrected chi connectivity index (χ3v) is 6.04. The molecule has 3 heterocycles. The van der Waals surface area contributed by atoms with Crippen molar-refractivity contribution in [2.24, 2.45) is 5.92 Å². The maximum atomic E-state index is 13.0. The molecule has 1 saturated heterocycles. The minimum absolute atomic E-state index is 0.127. The number of fused-ring (bicyclic) bond motifs is 1. The van der Waals surface area contributed by atoms with E-state index in [9.17, 15) is 14.3 Å². The van der Waals surface area contributed by atoms with Crippen molar-refractivity contribution < 1.29 is 14.3 Å². The molecule has 2 N–H and O–H groups in total. The van der Waals surface area contributed by atoms with Gasteiger partial charge in [0.1, 0.15) is 12.0 Å². The molecular weight excluding hydrogens is 359 g/mol. The van der Waals surface area contributed by atoms with Crippen LogP contribution in [0, 0.1) is 5.92 Å². The van der Waals surface area contributed by atoms with Crippen LogP contribution in [0.15, 0.2) is 24.5 Å². The summed E-state index contributed by atoms with van der Waals surface area (Å²) < 4.78 is 13.0. The lowest BCUT2D eigenvalue weighted by atomic mass is 9.77. The first-order valence-corrected chi connectivity index (χ1v) is 9.97. The predicted octanol–water partition coefficient (Wildman–Crippen LogP) is 2.85. The monoisotopic (exact) mass is 386 g/mol. The van der Waals surface area contributed by atoms with E-state index in [1.54, 1.807) is 18.5 Å². The second-order valence-corrected chi connectivity index (χ2v) is 8.64. The molecule has 2 aliphatic rings. The Labute approximate surface area is 164 Å². The highest BCUT2D eigenvalue weighted by Crippen LogP contribution is 2.32. The van der Waals surface area contributed by atoms with Gasteiger partial charge in [0.05, 0.1) is 29.8 Å². The molecule has 4 rings (SSSR count). The van der Waals surface area contributed by atoms with Crippen molar-refractivity contribution in [1.82, 2.24) is 15.3 Å². The van der Waals surface area contributed by atoms with Crippen molar-refractivity contribution in [3.63, 3.8) is 0 Å². The maximum Gasteiger partial charge on any atom is 0.253 e. The van der Waals surface area contributed by atoms with Crippen LogP contribution in [0.25, 0.3) is 10.9 Å². The first-order chi connectivity index (χ1) is 13.3. The van der Waals surface area contributed by atoms with Gasteiger partial charge < -0.3 is 15.3 Å². The van der Waals surface area contributed by atoms with Crippen LogP contribution in [-0.2, 0) is 0 Å². The fourth-order valence-corrected chi connectivity index (χ4v) is 4.13. The smallest absolute Gasteiger partial charge is 0.253 e. The van der Waals surface area contributed by atoms with Gasteiger partial charge in [0.25, 0.3) is 5.91 Å². The molecule has 0 spiro atoms. The van der Waals surface area contributed by atoms with Crippen LogP contribution < -0.4 is 10.2 Å². The SMILES string of the molecule is CC(C)(O)[C@H]1CC[C@H](NC(=O)c2cnc3cc(N4CC(F)C4)ncc3c2)CC1. The molecule has 2 fully saturated rings. The van der Waals surface area contributed by atoms with Crippen molar-refractivity contribution in [3.05, 3.63) is 30.1 Å². The second kappa shape index (κ2) is 7.28. The average molecular weight is 386 g/mol. The number of nitrogens with zero attached hydrogens (tertiary/aromatic N) is 3. The van der Waals surface area contributed by atoms with Crippen molar-refractivity contribution in [2.45, 2.75) is 57.3 Å². The molecule has 1 aliphatic heterocycles. The zero-order valence-corrected chi connectivity index (χ0v) is 16.4. The van der Waals surface area contributed by atoms with Gasteiger partial charge in [0.15, 0.2) is 0 Å². The lowest BCUT2D eigenvalue weighted by Gasteiger charge is -2.36. The van der Waals surface area contributed by atoms with E-state index in [1.807, 2.05) is 24.8 Å². The van der Waals surface area contributed by atoms with Crippen molar-refractivity contribution >= 4 is 22.6 Å². The molecule has 0 atom stereocenters. The molecule has 28 heavy (non-hydrogen) atoms. The Kier molecular flexibility index (Phi) is 4.95. The van der Waals surface area contributed by atoms with E-state index >= 15 is 0 Å². The summed E-state index contributed by atoms with van der Waals surface area (Å²) in [7, 11) is 0. The third kappa shape index (κ3) is 3.94. The minimum Gasteiger partial charge on any atom is -0.390 e. The van der Waals surface area contributed by atoms with E-state index in [0.29, 0.717) is 18.7 Å². The molecule has 2 aromatic rings. The van der Waals surface area contributed by atoms with Crippen molar-refractivity contribution in [1.29, 1.82) is 0 Å². The molecule has 6 nitrogen and oxygen atoms in total. The Balaban J connectivity index is 1.40. The molecule has 150 valence electrons. The molecule has 0 bridgehead atoms. The number of alkyl halides is 1. The van der Waals surface area contributed by atoms with E-state index in [2.05, 4.69) is 15.3 Å². The standard InChI is InChI=1S/C21H27FN4O2/c1-21(2,28)15-3-5-17(6-4-15)25-20(27)14-7-13-9-24-19(8-18(13)23-10-14)26-11-16(22)12-26/h7-10,15-17,28H,3-6,11-12H2,1-2H3,(H,25,27)/t15-,17-. The lowest BCUT2D eigenvalue weighted by Crippen LogP contribution is -2.48. The van der Waals surface area contributed by atoms with E-state index in [-0.39, 0.29) is 17.9 Å². The van der Waals surface area contributed by atoms with Crippen LogP contribution in [-0.4, -0.2) is 51.9 Å². The Morgan fingerprint density at radius 3 is 2.54 bits per heavy atom. The van der Waals surface area contributed by atoms with E-state index in [1.165, 1.54) is 0 Å². The molecule has 2 aromatic heterocycles. The number of aromatic nitrogens is 2. The Morgan fingerprint density at radius 1 is 1.18 bits per heavy atom. The van der Waals surface area contributed by atoms with Crippen LogP contribution in [0.3, 0.4) is 0 Å². The van der Waals surface area contributed by atoms with Gasteiger partial charge in [-0.3, -0.25) is 9.78 Å². The van der Waals surface area contributed by atoms with Crippen LogP contribution in [0.1, 0.15) is 49.9 Å². The number of hydrogen-bond donors (Lipinski definition) is 2. The number of nitrogens with one attached hydrogen (secondary N) is 1. The summed E-state index contributed by atoms with van der Waals surface area (Å²) in [6.07, 6.45) is 6.05. The first kappa shape index (κ1) is 19.1. The molecule has 1 saturated carbocycles. The summed E-state index contributed by atoms with van der Waals surface area (Å²) in [6.45, 7) is 4.45. The molecule has 1 amide bonds. The van der Waals surface area contributed by atoms with E-state index in [4.69, 9.17) is 0 Å². The largest absolute Gasteiger partial charge is 0.390 e. The second-order valence-electron chi connectivity index (χ2n) is 8.64. The average Bonchev–Trinajstić information content (AvgIpc) is 2.64. The number of hydrogen-bond acceptors (Lipinski definition) is 5. The number of carbonyl (C=O) groups excluding carboxylic acids is 1. The number of amides is 1. The van der Waals surface area contributed by atoms with E-state index in [0.717, 1.165) is 42.4 Å². The minimum atomic E-state index is -0.782. The third-order valence-electron chi connectivity index (χ3n) is 6.04. The van der Waals surface area contributed by atoms with Gasteiger partial charge in [-0.25, -0.2) is 9.37 Å². The van der Waals surface area contributed by atoms with Crippen LogP contribution in [0.4, 0.5) is 10.2 Å². The lowest BCUT2D eigenvalue weighted by molar-refractivity contribution is -0.00257. The Morgan fingerprint density at radius 2 is 1.89 bits per heavy atom. The van der Waals surface area contributed by atoms with Gasteiger partial charge in [-0.2, -0.15) is 0 Å². The number of carbonyl (C=O) groups is 1. The summed E-state index contributed by atoms with van der Waals surface area (Å²) >= 11 is 0. The maximum absolute atomic E-state index is 13.0. The Bertz CT molecular complexity index is 868. The zero-order chi connectivity index (χ0) is 19.9. The fraction of sp³-hybridized carbons (Fsp3) is 0.571. The fourth-order valence-electron chi connectivity index (χ4n) is 4.13. The first-order valence-electron chi connectivity index (χ1n) is 9.97. The number of aliphatic hydroxyl groups is 1. The Hall–Kier alpha value is -2.28. The van der Waals surface area contributed by atoms with Gasteiger partial charge in [0, 0.05) is 29.9 Å². The van der Waals surface area contributed by atoms with Crippen molar-refractivity contribution in [3.8, 4) is 0 Å². The number of halogens is 1. The molecular formula is C21H27FN4O2. The molecule has 7 heteroatoms. The van der Waals surface area contributed by atoms with Gasteiger partial charge >= 0.3 is 0 Å². The van der Waals surface area contributed by atoms with Crippen molar-refractivity contribution in [2.75, 3.05) is 18.0 Å². The molecule has 1 aliphatic carbocycles. The highest BCUT2D eigenvalue weighted by molar-refractivity contribution is 5.97. The quantitative estimate of drug-likeness (QED) is 0.845. The summed E-state index contributed by atoms with van der Waals surface area (Å²) in [4.78, 5) is 23.3. The van der Waals surface area contributed by atoms with Gasteiger partial charge in [-0.05, 0) is 51.5 Å². The van der Waals surface area contributed by atoms with E-state index < -0.39 is 11.8 Å². The number of anilines is 1. The zero-order valence-electron chi connectivity index (χ0n) is 16.4. The predicted molar refractivity (Wildman–Crippen MR) is 106 cm³/mol. The summed E-state index contributed by atoms with van der Waals surface area (Å²) in [5.41, 5.74) is 0.596. The topological polar surface area (TPSA) is 78.3 Å². The van der Waals surface area contributed by atoms with Crippen LogP contribution in [0.5, 0.6) is 0 Å². The summed E-state index contributed by atoms with van der Waals surface area (Å²) in [5.74, 6) is 0.866.